The fourth-order valence-electron chi connectivity index (χ4n) is 3.68. The number of para-hydroxylation sites is 1. The molecule has 0 unspecified atom stereocenters. The molecule has 0 N–H and O–H groups in total. The number of nitrogens with zero attached hydrogens (tertiary/aromatic N) is 1. The van der Waals surface area contributed by atoms with Crippen LogP contribution in [-0.2, 0) is 0 Å². The molecule has 0 aliphatic carbocycles. The van der Waals surface area contributed by atoms with E-state index in [1.54, 1.807) is 0 Å². The predicted molar refractivity (Wildman–Crippen MR) is 114 cm³/mol. The molecular formula is C24H16BrN. The van der Waals surface area contributed by atoms with Crippen LogP contribution in [0.15, 0.2) is 102 Å². The van der Waals surface area contributed by atoms with E-state index in [1.165, 1.54) is 38.5 Å². The highest BCUT2D eigenvalue weighted by Crippen LogP contribution is 2.38. The first-order valence-electron chi connectivity index (χ1n) is 8.65. The molecule has 0 aliphatic rings. The minimum atomic E-state index is 1.09. The Labute approximate surface area is 160 Å². The second-order valence-corrected chi connectivity index (χ2v) is 7.36. The lowest BCUT2D eigenvalue weighted by atomic mass is 9.99. The molecule has 5 rings (SSSR count). The molecule has 1 nitrogen and oxygen atoms in total. The molecule has 0 atom stereocenters. The van der Waals surface area contributed by atoms with E-state index in [1.807, 2.05) is 0 Å². The maximum atomic E-state index is 3.62. The van der Waals surface area contributed by atoms with Crippen LogP contribution in [0.4, 0.5) is 0 Å². The summed E-state index contributed by atoms with van der Waals surface area (Å²) in [6, 6.07) is 32.1. The third kappa shape index (κ3) is 2.46. The maximum absolute atomic E-state index is 3.62. The summed E-state index contributed by atoms with van der Waals surface area (Å²) in [5.74, 6) is 0. The molecule has 0 saturated carbocycles. The van der Waals surface area contributed by atoms with Gasteiger partial charge in [-0.3, -0.25) is 0 Å². The predicted octanol–water partition coefficient (Wildman–Crippen LogP) is 7.21. The summed E-state index contributed by atoms with van der Waals surface area (Å²) in [6.07, 6.45) is 2.26. The minimum absolute atomic E-state index is 1.09. The van der Waals surface area contributed by atoms with E-state index < -0.39 is 0 Å². The van der Waals surface area contributed by atoms with Gasteiger partial charge in [0, 0.05) is 27.3 Å². The van der Waals surface area contributed by atoms with E-state index in [2.05, 4.69) is 118 Å². The minimum Gasteiger partial charge on any atom is -0.316 e. The molecule has 124 valence electrons. The number of aromatic nitrogens is 1. The van der Waals surface area contributed by atoms with Crippen LogP contribution >= 0.6 is 15.9 Å². The number of hydrogen-bond donors (Lipinski definition) is 0. The zero-order chi connectivity index (χ0) is 17.5. The lowest BCUT2D eigenvalue weighted by molar-refractivity contribution is 1.13. The van der Waals surface area contributed by atoms with Crippen molar-refractivity contribution in [1.82, 2.24) is 4.57 Å². The molecule has 4 aromatic carbocycles. The van der Waals surface area contributed by atoms with Crippen molar-refractivity contribution in [3.63, 3.8) is 0 Å². The van der Waals surface area contributed by atoms with Gasteiger partial charge < -0.3 is 4.57 Å². The number of benzene rings is 4. The normalized spacial score (nSPS) is 11.3. The molecule has 1 aromatic heterocycles. The van der Waals surface area contributed by atoms with Crippen molar-refractivity contribution in [1.29, 1.82) is 0 Å². The van der Waals surface area contributed by atoms with Gasteiger partial charge in [0.2, 0.25) is 0 Å². The molecule has 0 fully saturated rings. The molecule has 2 heteroatoms. The van der Waals surface area contributed by atoms with E-state index in [9.17, 15) is 0 Å². The monoisotopic (exact) mass is 397 g/mol. The Morgan fingerprint density at radius 3 is 2.35 bits per heavy atom. The van der Waals surface area contributed by atoms with Gasteiger partial charge in [-0.15, -0.1) is 0 Å². The summed E-state index contributed by atoms with van der Waals surface area (Å²) in [5, 5.41) is 3.85. The molecule has 5 aromatic rings. The summed E-state index contributed by atoms with van der Waals surface area (Å²) >= 11 is 3.62. The molecule has 0 bridgehead atoms. The van der Waals surface area contributed by atoms with E-state index >= 15 is 0 Å². The van der Waals surface area contributed by atoms with Crippen LogP contribution in [0.25, 0.3) is 38.5 Å². The maximum Gasteiger partial charge on any atom is 0.0541 e. The highest BCUT2D eigenvalue weighted by Gasteiger charge is 2.14. The van der Waals surface area contributed by atoms with Gasteiger partial charge in [0.15, 0.2) is 0 Å². The van der Waals surface area contributed by atoms with Gasteiger partial charge in [-0.2, -0.15) is 0 Å². The summed E-state index contributed by atoms with van der Waals surface area (Å²) in [4.78, 5) is 0. The Morgan fingerprint density at radius 2 is 1.50 bits per heavy atom. The average molecular weight is 398 g/mol. The standard InChI is InChI=1S/C24H16BrN/c25-19-9-6-8-18(15-19)22-16-26(20-10-2-1-3-11-20)23-14-13-17-7-4-5-12-21(17)24(22)23/h1-16H. The Morgan fingerprint density at radius 1 is 0.692 bits per heavy atom. The van der Waals surface area contributed by atoms with Crippen LogP contribution < -0.4 is 0 Å². The van der Waals surface area contributed by atoms with Crippen LogP contribution in [0.3, 0.4) is 0 Å². The summed E-state index contributed by atoms with van der Waals surface area (Å²) in [6.45, 7) is 0. The van der Waals surface area contributed by atoms with E-state index in [0.717, 1.165) is 4.47 Å². The first-order chi connectivity index (χ1) is 12.8. The van der Waals surface area contributed by atoms with Gasteiger partial charge in [0.1, 0.15) is 0 Å². The molecule has 0 spiro atoms. The molecule has 1 heterocycles. The number of rotatable bonds is 2. The van der Waals surface area contributed by atoms with Gasteiger partial charge in [-0.05, 0) is 46.7 Å². The molecular weight excluding hydrogens is 382 g/mol. The first kappa shape index (κ1) is 15.4. The molecule has 0 radical (unpaired) electrons. The third-order valence-corrected chi connectivity index (χ3v) is 5.36. The fourth-order valence-corrected chi connectivity index (χ4v) is 4.08. The lowest BCUT2D eigenvalue weighted by Crippen LogP contribution is -1.90. The number of hydrogen-bond acceptors (Lipinski definition) is 0. The number of halogens is 1. The Bertz CT molecular complexity index is 1240. The van der Waals surface area contributed by atoms with Crippen LogP contribution in [0, 0.1) is 0 Å². The Hall–Kier alpha value is -2.84. The highest BCUT2D eigenvalue weighted by molar-refractivity contribution is 9.10. The van der Waals surface area contributed by atoms with Gasteiger partial charge in [-0.25, -0.2) is 0 Å². The van der Waals surface area contributed by atoms with Gasteiger partial charge in [-0.1, -0.05) is 76.6 Å². The van der Waals surface area contributed by atoms with Crippen LogP contribution in [0.1, 0.15) is 0 Å². The van der Waals surface area contributed by atoms with Gasteiger partial charge in [0.25, 0.3) is 0 Å². The fraction of sp³-hybridized carbons (Fsp3) is 0. The first-order valence-corrected chi connectivity index (χ1v) is 9.45. The second kappa shape index (κ2) is 6.15. The molecule has 0 amide bonds. The van der Waals surface area contributed by atoms with Crippen molar-refractivity contribution < 1.29 is 0 Å². The summed E-state index contributed by atoms with van der Waals surface area (Å²) in [5.41, 5.74) is 4.87. The average Bonchev–Trinajstić information content (AvgIpc) is 3.09. The van der Waals surface area contributed by atoms with Gasteiger partial charge >= 0.3 is 0 Å². The smallest absolute Gasteiger partial charge is 0.0541 e. The van der Waals surface area contributed by atoms with Crippen molar-refractivity contribution in [3.05, 3.63) is 102 Å². The van der Waals surface area contributed by atoms with Crippen LogP contribution in [-0.4, -0.2) is 4.57 Å². The quantitative estimate of drug-likeness (QED) is 0.296. The van der Waals surface area contributed by atoms with Crippen molar-refractivity contribution in [3.8, 4) is 16.8 Å². The van der Waals surface area contributed by atoms with Crippen molar-refractivity contribution >= 4 is 37.6 Å². The Kier molecular flexibility index (Phi) is 3.65. The van der Waals surface area contributed by atoms with Crippen LogP contribution in [0.2, 0.25) is 0 Å². The van der Waals surface area contributed by atoms with E-state index in [0.29, 0.717) is 0 Å². The van der Waals surface area contributed by atoms with E-state index in [4.69, 9.17) is 0 Å². The topological polar surface area (TPSA) is 4.93 Å². The highest BCUT2D eigenvalue weighted by atomic mass is 79.9. The van der Waals surface area contributed by atoms with Crippen molar-refractivity contribution in [2.24, 2.45) is 0 Å². The third-order valence-electron chi connectivity index (χ3n) is 4.86. The number of fused-ring (bicyclic) bond motifs is 3. The SMILES string of the molecule is Brc1cccc(-c2cn(-c3ccccc3)c3ccc4ccccc4c23)c1. The molecule has 26 heavy (non-hydrogen) atoms. The van der Waals surface area contributed by atoms with Crippen LogP contribution in [0.5, 0.6) is 0 Å². The summed E-state index contributed by atoms with van der Waals surface area (Å²) in [7, 11) is 0. The zero-order valence-electron chi connectivity index (χ0n) is 14.1. The largest absolute Gasteiger partial charge is 0.316 e. The van der Waals surface area contributed by atoms with Crippen molar-refractivity contribution in [2.75, 3.05) is 0 Å². The van der Waals surface area contributed by atoms with Gasteiger partial charge in [0.05, 0.1) is 5.52 Å². The zero-order valence-corrected chi connectivity index (χ0v) is 15.6. The second-order valence-electron chi connectivity index (χ2n) is 6.44. The lowest BCUT2D eigenvalue weighted by Gasteiger charge is -2.06. The Balaban J connectivity index is 1.93. The summed E-state index contributed by atoms with van der Waals surface area (Å²) < 4.78 is 3.38. The van der Waals surface area contributed by atoms with E-state index in [-0.39, 0.29) is 0 Å². The molecule has 0 aliphatic heterocycles. The molecule has 0 saturated heterocycles. The van der Waals surface area contributed by atoms with Crippen molar-refractivity contribution in [2.45, 2.75) is 0 Å².